The number of hydrogen-bond acceptors (Lipinski definition) is 3. The predicted octanol–water partition coefficient (Wildman–Crippen LogP) is 4.53. The molecule has 1 aromatic heterocycles. The monoisotopic (exact) mass is 464 g/mol. The summed E-state index contributed by atoms with van der Waals surface area (Å²) >= 11 is 0. The highest BCUT2D eigenvalue weighted by atomic mass is 16.2. The van der Waals surface area contributed by atoms with Gasteiger partial charge in [-0.2, -0.15) is 0 Å². The molecular weight excluding hydrogens is 440 g/mol. The summed E-state index contributed by atoms with van der Waals surface area (Å²) in [6, 6.07) is 24.7. The number of para-hydroxylation sites is 1. The largest absolute Gasteiger partial charge is 0.342 e. The second-order valence-corrected chi connectivity index (χ2v) is 8.51. The van der Waals surface area contributed by atoms with Gasteiger partial charge in [-0.25, -0.2) is 9.69 Å². The van der Waals surface area contributed by atoms with Gasteiger partial charge in [0.25, 0.3) is 5.91 Å². The molecule has 0 saturated carbocycles. The molecule has 2 heterocycles. The molecule has 5 rings (SSSR count). The standard InChI is InChI=1S/C28H24N4O3/c1-19-11-13-22(14-12-19)29-26(33)18-32-27(34)24(30-28(32)35)15-21-17-31(16-20-7-3-2-4-8-20)25-10-6-5-9-23(21)25/h2-15,17H,16,18H2,1H3,(H,29,33)(H,30,35). The number of nitrogens with one attached hydrogen (secondary N) is 2. The van der Waals surface area contributed by atoms with Gasteiger partial charge in [-0.05, 0) is 36.8 Å². The van der Waals surface area contributed by atoms with E-state index in [1.54, 1.807) is 18.2 Å². The summed E-state index contributed by atoms with van der Waals surface area (Å²) in [5.41, 5.74) is 4.80. The third kappa shape index (κ3) is 4.70. The van der Waals surface area contributed by atoms with E-state index in [0.717, 1.165) is 32.5 Å². The van der Waals surface area contributed by atoms with Crippen molar-refractivity contribution >= 4 is 40.5 Å². The Hall–Kier alpha value is -4.65. The molecule has 0 radical (unpaired) electrons. The first-order valence-electron chi connectivity index (χ1n) is 11.3. The number of nitrogens with zero attached hydrogens (tertiary/aromatic N) is 2. The maximum Gasteiger partial charge on any atom is 0.329 e. The van der Waals surface area contributed by atoms with Gasteiger partial charge in [0.2, 0.25) is 5.91 Å². The summed E-state index contributed by atoms with van der Waals surface area (Å²) in [4.78, 5) is 38.8. The molecule has 7 heteroatoms. The van der Waals surface area contributed by atoms with E-state index >= 15 is 0 Å². The number of hydrogen-bond donors (Lipinski definition) is 2. The van der Waals surface area contributed by atoms with Gasteiger partial charge in [0.15, 0.2) is 0 Å². The molecule has 1 aliphatic heterocycles. The molecule has 3 aromatic carbocycles. The first-order valence-corrected chi connectivity index (χ1v) is 11.3. The number of carbonyl (C=O) groups excluding carboxylic acids is 3. The molecule has 0 unspecified atom stereocenters. The lowest BCUT2D eigenvalue weighted by Crippen LogP contribution is -2.38. The van der Waals surface area contributed by atoms with Crippen molar-refractivity contribution in [3.8, 4) is 0 Å². The van der Waals surface area contributed by atoms with Crippen LogP contribution >= 0.6 is 0 Å². The Bertz CT molecular complexity index is 1450. The third-order valence-electron chi connectivity index (χ3n) is 5.91. The SMILES string of the molecule is Cc1ccc(NC(=O)CN2C(=O)NC(=Cc3cn(Cc4ccccc4)c4ccccc34)C2=O)cc1. The van der Waals surface area contributed by atoms with E-state index in [2.05, 4.69) is 27.3 Å². The van der Waals surface area contributed by atoms with Crippen molar-refractivity contribution in [2.45, 2.75) is 13.5 Å². The van der Waals surface area contributed by atoms with Gasteiger partial charge in [0.05, 0.1) is 0 Å². The van der Waals surface area contributed by atoms with Crippen molar-refractivity contribution in [2.24, 2.45) is 0 Å². The normalized spacial score (nSPS) is 14.5. The van der Waals surface area contributed by atoms with Gasteiger partial charge in [-0.3, -0.25) is 9.59 Å². The summed E-state index contributed by atoms with van der Waals surface area (Å²) in [5.74, 6) is -0.980. The van der Waals surface area contributed by atoms with E-state index < -0.39 is 17.8 Å². The third-order valence-corrected chi connectivity index (χ3v) is 5.91. The Labute approximate surface area is 202 Å². The van der Waals surface area contributed by atoms with Gasteiger partial charge in [-0.1, -0.05) is 66.2 Å². The van der Waals surface area contributed by atoms with Crippen LogP contribution in [-0.4, -0.2) is 33.9 Å². The highest BCUT2D eigenvalue weighted by molar-refractivity contribution is 6.16. The topological polar surface area (TPSA) is 83.4 Å². The van der Waals surface area contributed by atoms with Crippen LogP contribution in [-0.2, 0) is 16.1 Å². The van der Waals surface area contributed by atoms with Crippen LogP contribution in [0.25, 0.3) is 17.0 Å². The molecule has 4 amide bonds. The number of carbonyl (C=O) groups is 3. The minimum Gasteiger partial charge on any atom is -0.342 e. The van der Waals surface area contributed by atoms with Crippen LogP contribution in [0, 0.1) is 6.92 Å². The summed E-state index contributed by atoms with van der Waals surface area (Å²) < 4.78 is 2.12. The van der Waals surface area contributed by atoms with Crippen LogP contribution < -0.4 is 10.6 Å². The number of anilines is 1. The van der Waals surface area contributed by atoms with Crippen molar-refractivity contribution in [3.63, 3.8) is 0 Å². The van der Waals surface area contributed by atoms with E-state index in [0.29, 0.717) is 12.2 Å². The average Bonchev–Trinajstić information content (AvgIpc) is 3.33. The van der Waals surface area contributed by atoms with Gasteiger partial charge in [0, 0.05) is 34.9 Å². The van der Waals surface area contributed by atoms with E-state index in [1.165, 1.54) is 0 Å². The zero-order chi connectivity index (χ0) is 24.4. The number of fused-ring (bicyclic) bond motifs is 1. The van der Waals surface area contributed by atoms with Crippen LogP contribution in [0.1, 0.15) is 16.7 Å². The molecule has 2 N–H and O–H groups in total. The summed E-state index contributed by atoms with van der Waals surface area (Å²) in [6.45, 7) is 2.26. The molecule has 0 aliphatic carbocycles. The molecule has 1 saturated heterocycles. The zero-order valence-corrected chi connectivity index (χ0v) is 19.2. The van der Waals surface area contributed by atoms with Crippen LogP contribution in [0.4, 0.5) is 10.5 Å². The lowest BCUT2D eigenvalue weighted by Gasteiger charge is -2.12. The maximum atomic E-state index is 13.0. The van der Waals surface area contributed by atoms with Gasteiger partial charge in [-0.15, -0.1) is 0 Å². The van der Waals surface area contributed by atoms with Crippen molar-refractivity contribution in [3.05, 3.63) is 107 Å². The van der Waals surface area contributed by atoms with E-state index in [9.17, 15) is 14.4 Å². The molecule has 0 bridgehead atoms. The Morgan fingerprint density at radius 2 is 1.66 bits per heavy atom. The zero-order valence-electron chi connectivity index (χ0n) is 19.2. The fourth-order valence-corrected chi connectivity index (χ4v) is 4.15. The number of aromatic nitrogens is 1. The molecule has 35 heavy (non-hydrogen) atoms. The number of urea groups is 1. The fraction of sp³-hybridized carbons (Fsp3) is 0.107. The van der Waals surface area contributed by atoms with E-state index in [1.807, 2.05) is 67.7 Å². The molecule has 174 valence electrons. The second-order valence-electron chi connectivity index (χ2n) is 8.51. The Kier molecular flexibility index (Phi) is 5.89. The number of aryl methyl sites for hydroxylation is 1. The Balaban J connectivity index is 1.36. The first kappa shape index (κ1) is 22.2. The summed E-state index contributed by atoms with van der Waals surface area (Å²) in [6.07, 6.45) is 3.64. The quantitative estimate of drug-likeness (QED) is 0.325. The fourth-order valence-electron chi connectivity index (χ4n) is 4.15. The Morgan fingerprint density at radius 3 is 2.43 bits per heavy atom. The molecule has 0 atom stereocenters. The van der Waals surface area contributed by atoms with Crippen molar-refractivity contribution in [2.75, 3.05) is 11.9 Å². The van der Waals surface area contributed by atoms with Crippen LogP contribution in [0.2, 0.25) is 0 Å². The molecule has 4 aromatic rings. The summed E-state index contributed by atoms with van der Waals surface area (Å²) in [5, 5.41) is 6.29. The molecule has 1 fully saturated rings. The van der Waals surface area contributed by atoms with Crippen LogP contribution in [0.5, 0.6) is 0 Å². The minimum atomic E-state index is -0.617. The predicted molar refractivity (Wildman–Crippen MR) is 136 cm³/mol. The summed E-state index contributed by atoms with van der Waals surface area (Å²) in [7, 11) is 0. The van der Waals surface area contributed by atoms with E-state index in [4.69, 9.17) is 0 Å². The minimum absolute atomic E-state index is 0.140. The number of imide groups is 1. The van der Waals surface area contributed by atoms with Gasteiger partial charge >= 0.3 is 6.03 Å². The van der Waals surface area contributed by atoms with Crippen LogP contribution in [0.15, 0.2) is 90.8 Å². The van der Waals surface area contributed by atoms with Gasteiger partial charge in [0.1, 0.15) is 12.2 Å². The van der Waals surface area contributed by atoms with Gasteiger partial charge < -0.3 is 15.2 Å². The number of amides is 4. The highest BCUT2D eigenvalue weighted by Crippen LogP contribution is 2.25. The Morgan fingerprint density at radius 1 is 0.943 bits per heavy atom. The molecule has 0 spiro atoms. The lowest BCUT2D eigenvalue weighted by molar-refractivity contribution is -0.127. The average molecular weight is 465 g/mol. The molecular formula is C28H24N4O3. The number of rotatable bonds is 6. The van der Waals surface area contributed by atoms with E-state index in [-0.39, 0.29) is 12.2 Å². The van der Waals surface area contributed by atoms with Crippen molar-refractivity contribution in [1.82, 2.24) is 14.8 Å². The van der Waals surface area contributed by atoms with Crippen LogP contribution in [0.3, 0.4) is 0 Å². The second kappa shape index (κ2) is 9.30. The first-order chi connectivity index (χ1) is 17.0. The van der Waals surface area contributed by atoms with Crippen molar-refractivity contribution < 1.29 is 14.4 Å². The lowest BCUT2D eigenvalue weighted by atomic mass is 10.1. The molecule has 7 nitrogen and oxygen atoms in total. The highest BCUT2D eigenvalue weighted by Gasteiger charge is 2.35. The number of benzene rings is 3. The molecule has 1 aliphatic rings. The maximum absolute atomic E-state index is 13.0. The smallest absolute Gasteiger partial charge is 0.329 e. The van der Waals surface area contributed by atoms with Crippen molar-refractivity contribution in [1.29, 1.82) is 0 Å².